The molecule has 0 heterocycles. The van der Waals surface area contributed by atoms with Crippen molar-refractivity contribution in [3.63, 3.8) is 0 Å². The van der Waals surface area contributed by atoms with Gasteiger partial charge in [0.25, 0.3) is 0 Å². The Labute approximate surface area is 145 Å². The quantitative estimate of drug-likeness (QED) is 0.474. The van der Waals surface area contributed by atoms with Crippen molar-refractivity contribution in [2.45, 2.75) is 116 Å². The Morgan fingerprint density at radius 2 is 1.05 bits per heavy atom. The van der Waals surface area contributed by atoms with Crippen LogP contribution in [0.5, 0.6) is 0 Å². The van der Waals surface area contributed by atoms with Crippen molar-refractivity contribution in [2.75, 3.05) is 0 Å². The first-order valence-corrected chi connectivity index (χ1v) is 13.8. The summed E-state index contributed by atoms with van der Waals surface area (Å²) in [5.74, 6) is 0. The number of hydrogen-bond donors (Lipinski definition) is 0. The fourth-order valence-electron chi connectivity index (χ4n) is 2.33. The van der Waals surface area contributed by atoms with E-state index in [1.54, 1.807) is 0 Å². The zero-order valence-electron chi connectivity index (χ0n) is 16.9. The first-order valence-electron chi connectivity index (χ1n) is 8.71. The summed E-state index contributed by atoms with van der Waals surface area (Å²) in [6, 6.07) is 0. The summed E-state index contributed by atoms with van der Waals surface area (Å²) in [5.41, 5.74) is -0.771. The van der Waals surface area contributed by atoms with E-state index in [1.165, 1.54) is 12.8 Å². The van der Waals surface area contributed by atoms with Gasteiger partial charge in [0.15, 0.2) is 0 Å². The molecule has 0 N–H and O–H groups in total. The van der Waals surface area contributed by atoms with Crippen molar-refractivity contribution in [3.05, 3.63) is 0 Å². The van der Waals surface area contributed by atoms with Gasteiger partial charge < -0.3 is 0 Å². The van der Waals surface area contributed by atoms with E-state index in [-0.39, 0.29) is 16.8 Å². The second-order valence-electron chi connectivity index (χ2n) is 9.29. The molecular formula is C18H40O3Sn. The third-order valence-electron chi connectivity index (χ3n) is 2.94. The van der Waals surface area contributed by atoms with Gasteiger partial charge >= 0.3 is 145 Å². The molecule has 1 atom stereocenters. The molecule has 22 heavy (non-hydrogen) atoms. The van der Waals surface area contributed by atoms with Crippen LogP contribution < -0.4 is 0 Å². The Balaban J connectivity index is 5.67. The Morgan fingerprint density at radius 3 is 1.27 bits per heavy atom. The third kappa shape index (κ3) is 9.74. The maximum absolute atomic E-state index is 6.60. The monoisotopic (exact) mass is 424 g/mol. The SMILES string of the molecule is CCCC[CH](C)[Sn]([O]C(C)(C)C)([O]C(C)(C)C)[O]C(C)(C)C. The molecule has 0 radical (unpaired) electrons. The predicted octanol–water partition coefficient (Wildman–Crippen LogP) is 5.95. The average molecular weight is 423 g/mol. The van der Waals surface area contributed by atoms with Crippen molar-refractivity contribution in [1.82, 2.24) is 0 Å². The Morgan fingerprint density at radius 1 is 0.727 bits per heavy atom. The van der Waals surface area contributed by atoms with Crippen molar-refractivity contribution in [2.24, 2.45) is 0 Å². The van der Waals surface area contributed by atoms with Gasteiger partial charge in [-0.2, -0.15) is 0 Å². The molecular weight excluding hydrogens is 383 g/mol. The van der Waals surface area contributed by atoms with Crippen LogP contribution in [0.2, 0.25) is 3.93 Å². The molecule has 0 aliphatic heterocycles. The summed E-state index contributed by atoms with van der Waals surface area (Å²) in [6.45, 7) is 23.4. The molecule has 0 aliphatic rings. The molecule has 134 valence electrons. The number of hydrogen-bond acceptors (Lipinski definition) is 3. The molecule has 0 aromatic rings. The molecule has 0 aromatic heterocycles. The number of rotatable bonds is 7. The van der Waals surface area contributed by atoms with Gasteiger partial charge in [-0.25, -0.2) is 0 Å². The summed E-state index contributed by atoms with van der Waals surface area (Å²) in [4.78, 5) is 0. The predicted molar refractivity (Wildman–Crippen MR) is 97.2 cm³/mol. The van der Waals surface area contributed by atoms with E-state index in [0.29, 0.717) is 3.93 Å². The van der Waals surface area contributed by atoms with E-state index in [0.717, 1.165) is 6.42 Å². The fourth-order valence-corrected chi connectivity index (χ4v) is 13.3. The van der Waals surface area contributed by atoms with Crippen LogP contribution in [0.15, 0.2) is 0 Å². The fraction of sp³-hybridized carbons (Fsp3) is 1.00. The van der Waals surface area contributed by atoms with Crippen LogP contribution in [-0.4, -0.2) is 36.4 Å². The van der Waals surface area contributed by atoms with Gasteiger partial charge in [-0.1, -0.05) is 0 Å². The summed E-state index contributed by atoms with van der Waals surface area (Å²) < 4.78 is 20.2. The van der Waals surface area contributed by atoms with Crippen LogP contribution in [0, 0.1) is 0 Å². The second kappa shape index (κ2) is 8.17. The van der Waals surface area contributed by atoms with Crippen molar-refractivity contribution in [3.8, 4) is 0 Å². The van der Waals surface area contributed by atoms with E-state index < -0.39 is 19.6 Å². The zero-order valence-corrected chi connectivity index (χ0v) is 19.8. The van der Waals surface area contributed by atoms with Crippen molar-refractivity contribution in [1.29, 1.82) is 0 Å². The van der Waals surface area contributed by atoms with Gasteiger partial charge in [0.05, 0.1) is 0 Å². The molecule has 0 amide bonds. The van der Waals surface area contributed by atoms with Crippen molar-refractivity contribution < 1.29 is 9.22 Å². The minimum atomic E-state index is -3.77. The van der Waals surface area contributed by atoms with E-state index in [9.17, 15) is 0 Å². The molecule has 4 heteroatoms. The molecule has 3 nitrogen and oxygen atoms in total. The number of unbranched alkanes of at least 4 members (excludes halogenated alkanes) is 1. The van der Waals surface area contributed by atoms with Crippen molar-refractivity contribution >= 4 is 19.6 Å². The topological polar surface area (TPSA) is 27.7 Å². The van der Waals surface area contributed by atoms with E-state index in [2.05, 4.69) is 76.2 Å². The zero-order chi connectivity index (χ0) is 17.8. The summed E-state index contributed by atoms with van der Waals surface area (Å²) in [7, 11) is 0. The maximum atomic E-state index is 6.60. The molecule has 0 saturated carbocycles. The van der Waals surface area contributed by atoms with Gasteiger partial charge in [-0.15, -0.1) is 0 Å². The van der Waals surface area contributed by atoms with Crippen LogP contribution in [0.4, 0.5) is 0 Å². The van der Waals surface area contributed by atoms with E-state index in [1.807, 2.05) is 0 Å². The molecule has 1 unspecified atom stereocenters. The van der Waals surface area contributed by atoms with Gasteiger partial charge in [-0.3, -0.25) is 0 Å². The second-order valence-corrected chi connectivity index (χ2v) is 17.3. The Hall–Kier alpha value is 0.679. The third-order valence-corrected chi connectivity index (χ3v) is 14.9. The van der Waals surface area contributed by atoms with Crippen LogP contribution in [0.3, 0.4) is 0 Å². The summed E-state index contributed by atoms with van der Waals surface area (Å²) in [6.07, 6.45) is 3.48. The Kier molecular flexibility index (Phi) is 8.42. The first-order chi connectivity index (χ1) is 9.60. The molecule has 0 aliphatic carbocycles. The van der Waals surface area contributed by atoms with Gasteiger partial charge in [0, 0.05) is 0 Å². The molecule has 0 spiro atoms. The Bertz CT molecular complexity index is 280. The normalized spacial score (nSPS) is 16.0. The van der Waals surface area contributed by atoms with Crippen LogP contribution in [0.25, 0.3) is 0 Å². The van der Waals surface area contributed by atoms with Gasteiger partial charge in [-0.05, 0) is 0 Å². The van der Waals surface area contributed by atoms with Gasteiger partial charge in [0.1, 0.15) is 0 Å². The molecule has 0 rings (SSSR count). The standard InChI is InChI=1S/C6H13.3C4H9O.Sn/c1-3-5-6-4-2;3*1-4(2,3)5;/h3H,4-6H2,1-2H3;3*1-3H3;/q;3*-1;+3. The van der Waals surface area contributed by atoms with Crippen LogP contribution >= 0.6 is 0 Å². The average Bonchev–Trinajstić information content (AvgIpc) is 2.17. The van der Waals surface area contributed by atoms with E-state index >= 15 is 0 Å². The molecule has 0 aromatic carbocycles. The molecule has 0 saturated heterocycles. The van der Waals surface area contributed by atoms with Gasteiger partial charge in [0.2, 0.25) is 0 Å². The van der Waals surface area contributed by atoms with Crippen LogP contribution in [-0.2, 0) is 9.22 Å². The van der Waals surface area contributed by atoms with E-state index in [4.69, 9.17) is 9.22 Å². The molecule has 0 bridgehead atoms. The summed E-state index contributed by atoms with van der Waals surface area (Å²) in [5, 5.41) is 0. The molecule has 0 fully saturated rings. The minimum absolute atomic E-state index is 0.257. The summed E-state index contributed by atoms with van der Waals surface area (Å²) >= 11 is -3.77. The van der Waals surface area contributed by atoms with Crippen LogP contribution in [0.1, 0.15) is 95.4 Å². The first kappa shape index (κ1) is 22.7.